The van der Waals surface area contributed by atoms with Crippen LogP contribution in [0.5, 0.6) is 0 Å². The molecule has 0 aliphatic rings. The zero-order valence-electron chi connectivity index (χ0n) is 8.45. The van der Waals surface area contributed by atoms with Gasteiger partial charge in [-0.15, -0.1) is 0 Å². The number of carboxylic acid groups (broad SMARTS) is 1. The number of aromatic nitrogens is 2. The summed E-state index contributed by atoms with van der Waals surface area (Å²) in [5, 5.41) is 8.82. The van der Waals surface area contributed by atoms with Gasteiger partial charge < -0.3 is 9.94 Å². The van der Waals surface area contributed by atoms with E-state index in [-0.39, 0.29) is 5.92 Å². The molecule has 0 aromatic carbocycles. The van der Waals surface area contributed by atoms with E-state index in [1.807, 2.05) is 0 Å². The van der Waals surface area contributed by atoms with Crippen LogP contribution in [0, 0.1) is 11.8 Å². The second-order valence-electron chi connectivity index (χ2n) is 3.39. The van der Waals surface area contributed by atoms with Crippen LogP contribution in [0.25, 0.3) is 0 Å². The van der Waals surface area contributed by atoms with Gasteiger partial charge in [0.2, 0.25) is 0 Å². The lowest BCUT2D eigenvalue weighted by Gasteiger charge is -2.14. The van der Waals surface area contributed by atoms with Crippen molar-refractivity contribution >= 4 is 11.9 Å². The zero-order valence-corrected chi connectivity index (χ0v) is 8.45. The number of carboxylic acids is 1. The van der Waals surface area contributed by atoms with Crippen LogP contribution in [-0.4, -0.2) is 26.8 Å². The van der Waals surface area contributed by atoms with Crippen LogP contribution >= 0.6 is 0 Å². The lowest BCUT2D eigenvalue weighted by Crippen LogP contribution is -2.35. The Labute approximate surface area is 86.4 Å². The maximum atomic E-state index is 11.4. The fourth-order valence-corrected chi connectivity index (χ4v) is 1.12. The Bertz CT molecular complexity index is 345. The predicted molar refractivity (Wildman–Crippen MR) is 49.8 cm³/mol. The van der Waals surface area contributed by atoms with Crippen molar-refractivity contribution in [3.05, 3.63) is 18.7 Å². The predicted octanol–water partition coefficient (Wildman–Crippen LogP) is 0.195. The highest BCUT2D eigenvalue weighted by molar-refractivity contribution is 5.94. The number of carbonyl (C=O) groups excluding carboxylic acids is 1. The average molecular weight is 212 g/mol. The Morgan fingerprint density at radius 2 is 2.13 bits per heavy atom. The largest absolute Gasteiger partial charge is 0.481 e. The molecule has 1 heterocycles. The SMILES string of the molecule is CC(C)[C@@H](C(=O)O)C(=O)On1ccnc1. The van der Waals surface area contributed by atoms with Gasteiger partial charge in [0.25, 0.3) is 0 Å². The van der Waals surface area contributed by atoms with Crippen molar-refractivity contribution in [2.24, 2.45) is 11.8 Å². The molecule has 6 nitrogen and oxygen atoms in total. The van der Waals surface area contributed by atoms with E-state index in [0.717, 1.165) is 4.73 Å². The van der Waals surface area contributed by atoms with Gasteiger partial charge in [-0.05, 0) is 5.92 Å². The molecule has 0 unspecified atom stereocenters. The number of hydrogen-bond donors (Lipinski definition) is 1. The Balaban J connectivity index is 2.69. The van der Waals surface area contributed by atoms with Crippen molar-refractivity contribution in [1.82, 2.24) is 9.71 Å². The van der Waals surface area contributed by atoms with Crippen molar-refractivity contribution in [1.29, 1.82) is 0 Å². The number of aliphatic carboxylic acids is 1. The number of imidazole rings is 1. The van der Waals surface area contributed by atoms with Gasteiger partial charge in [0.05, 0.1) is 6.20 Å². The molecule has 1 aromatic heterocycles. The summed E-state index contributed by atoms with van der Waals surface area (Å²) in [6, 6.07) is 0. The van der Waals surface area contributed by atoms with Crippen LogP contribution in [0.3, 0.4) is 0 Å². The first kappa shape index (κ1) is 11.2. The summed E-state index contributed by atoms with van der Waals surface area (Å²) in [6.45, 7) is 3.29. The first-order valence-corrected chi connectivity index (χ1v) is 4.45. The quantitative estimate of drug-likeness (QED) is 0.721. The van der Waals surface area contributed by atoms with Gasteiger partial charge in [-0.2, -0.15) is 4.73 Å². The summed E-state index contributed by atoms with van der Waals surface area (Å²) in [6.07, 6.45) is 4.12. The van der Waals surface area contributed by atoms with Gasteiger partial charge in [0.1, 0.15) is 6.33 Å². The molecule has 0 saturated carbocycles. The third kappa shape index (κ3) is 2.80. The molecule has 1 atom stereocenters. The lowest BCUT2D eigenvalue weighted by molar-refractivity contribution is -0.161. The van der Waals surface area contributed by atoms with Crippen molar-refractivity contribution in [2.45, 2.75) is 13.8 Å². The second-order valence-corrected chi connectivity index (χ2v) is 3.39. The molecule has 0 spiro atoms. The van der Waals surface area contributed by atoms with E-state index in [2.05, 4.69) is 4.98 Å². The van der Waals surface area contributed by atoms with Gasteiger partial charge >= 0.3 is 11.9 Å². The summed E-state index contributed by atoms with van der Waals surface area (Å²) in [5.41, 5.74) is 0. The highest BCUT2D eigenvalue weighted by atomic mass is 16.7. The Hall–Kier alpha value is -1.85. The summed E-state index contributed by atoms with van der Waals surface area (Å²) < 4.78 is 1.07. The second kappa shape index (κ2) is 4.59. The van der Waals surface area contributed by atoms with Gasteiger partial charge in [-0.1, -0.05) is 13.8 Å². The molecule has 0 saturated heterocycles. The fraction of sp³-hybridized carbons (Fsp3) is 0.444. The Morgan fingerprint density at radius 1 is 1.47 bits per heavy atom. The van der Waals surface area contributed by atoms with Gasteiger partial charge in [0.15, 0.2) is 5.92 Å². The summed E-state index contributed by atoms with van der Waals surface area (Å²) in [4.78, 5) is 30.7. The van der Waals surface area contributed by atoms with Crippen molar-refractivity contribution in [3.8, 4) is 0 Å². The summed E-state index contributed by atoms with van der Waals surface area (Å²) in [7, 11) is 0. The first-order valence-electron chi connectivity index (χ1n) is 4.45. The molecule has 15 heavy (non-hydrogen) atoms. The zero-order chi connectivity index (χ0) is 11.4. The smallest absolute Gasteiger partial charge is 0.347 e. The first-order chi connectivity index (χ1) is 7.02. The average Bonchev–Trinajstić information content (AvgIpc) is 2.54. The Kier molecular flexibility index (Phi) is 3.43. The van der Waals surface area contributed by atoms with Crippen LogP contribution in [-0.2, 0) is 9.59 Å². The minimum absolute atomic E-state index is 0.321. The van der Waals surface area contributed by atoms with E-state index in [4.69, 9.17) is 9.94 Å². The number of rotatable bonds is 4. The lowest BCUT2D eigenvalue weighted by atomic mass is 9.96. The third-order valence-electron chi connectivity index (χ3n) is 1.86. The maximum absolute atomic E-state index is 11.4. The van der Waals surface area contributed by atoms with Crippen LogP contribution in [0.2, 0.25) is 0 Å². The standard InChI is InChI=1S/C9H12N2O4/c1-6(2)7(8(12)13)9(14)15-11-4-3-10-5-11/h3-7H,1-2H3,(H,12,13)/t7-/m0/s1. The highest BCUT2D eigenvalue weighted by Crippen LogP contribution is 2.11. The highest BCUT2D eigenvalue weighted by Gasteiger charge is 2.31. The van der Waals surface area contributed by atoms with Gasteiger partial charge in [-0.25, -0.2) is 9.78 Å². The van der Waals surface area contributed by atoms with Crippen LogP contribution in [0.4, 0.5) is 0 Å². The molecule has 0 aliphatic carbocycles. The van der Waals surface area contributed by atoms with Crippen molar-refractivity contribution < 1.29 is 19.5 Å². The summed E-state index contributed by atoms with van der Waals surface area (Å²) in [5.74, 6) is -3.46. The third-order valence-corrected chi connectivity index (χ3v) is 1.86. The van der Waals surface area contributed by atoms with E-state index in [1.165, 1.54) is 18.7 Å². The van der Waals surface area contributed by atoms with E-state index in [9.17, 15) is 9.59 Å². The molecular weight excluding hydrogens is 200 g/mol. The van der Waals surface area contributed by atoms with Crippen LogP contribution in [0.1, 0.15) is 13.8 Å². The topological polar surface area (TPSA) is 81.4 Å². The van der Waals surface area contributed by atoms with E-state index in [1.54, 1.807) is 13.8 Å². The van der Waals surface area contributed by atoms with Gasteiger partial charge in [0, 0.05) is 6.20 Å². The molecule has 0 bridgehead atoms. The number of carbonyl (C=O) groups is 2. The number of hydrogen-bond acceptors (Lipinski definition) is 4. The summed E-state index contributed by atoms with van der Waals surface area (Å²) >= 11 is 0. The van der Waals surface area contributed by atoms with E-state index >= 15 is 0 Å². The molecule has 0 amide bonds. The normalized spacial score (nSPS) is 12.5. The molecule has 0 fully saturated rings. The van der Waals surface area contributed by atoms with Crippen LogP contribution < -0.4 is 4.84 Å². The molecule has 1 N–H and O–H groups in total. The van der Waals surface area contributed by atoms with E-state index < -0.39 is 17.9 Å². The molecule has 0 radical (unpaired) electrons. The monoisotopic (exact) mass is 212 g/mol. The molecule has 1 aromatic rings. The van der Waals surface area contributed by atoms with Crippen molar-refractivity contribution in [3.63, 3.8) is 0 Å². The Morgan fingerprint density at radius 3 is 2.53 bits per heavy atom. The van der Waals surface area contributed by atoms with Crippen molar-refractivity contribution in [2.75, 3.05) is 0 Å². The van der Waals surface area contributed by atoms with Crippen LogP contribution in [0.15, 0.2) is 18.7 Å². The van der Waals surface area contributed by atoms with E-state index in [0.29, 0.717) is 0 Å². The number of nitrogens with zero attached hydrogens (tertiary/aromatic N) is 2. The molecule has 6 heteroatoms. The molecule has 0 aliphatic heterocycles. The molecular formula is C9H12N2O4. The van der Waals surface area contributed by atoms with Gasteiger partial charge in [-0.3, -0.25) is 4.79 Å². The minimum Gasteiger partial charge on any atom is -0.481 e. The fourth-order valence-electron chi connectivity index (χ4n) is 1.12. The maximum Gasteiger partial charge on any atom is 0.347 e. The minimum atomic E-state index is -1.19. The molecule has 82 valence electrons. The molecule has 1 rings (SSSR count).